The van der Waals surface area contributed by atoms with Gasteiger partial charge in [0.05, 0.1) is 0 Å². The van der Waals surface area contributed by atoms with Gasteiger partial charge in [-0.15, -0.1) is 0 Å². The normalized spacial score (nSPS) is 10.2. The molecule has 0 spiro atoms. The Kier molecular flexibility index (Phi) is 5.72. The average Bonchev–Trinajstić information content (AvgIpc) is 2.72. The van der Waals surface area contributed by atoms with Gasteiger partial charge in [-0.25, -0.2) is 0 Å². The van der Waals surface area contributed by atoms with E-state index in [9.17, 15) is 9.59 Å². The summed E-state index contributed by atoms with van der Waals surface area (Å²) in [6, 6.07) is 20.1. The first kappa shape index (κ1) is 17.4. The predicted octanol–water partition coefficient (Wildman–Crippen LogP) is 2.94. The van der Waals surface area contributed by atoms with Gasteiger partial charge in [0.15, 0.2) is 0 Å². The summed E-state index contributed by atoms with van der Waals surface area (Å²) in [6.07, 6.45) is 3.39. The van der Waals surface area contributed by atoms with Gasteiger partial charge in [0, 0.05) is 36.6 Å². The molecular weight excluding hydrogens is 326 g/mol. The highest BCUT2D eigenvalue weighted by atomic mass is 16.2. The second-order valence-corrected chi connectivity index (χ2v) is 5.79. The molecule has 1 heterocycles. The number of benzene rings is 2. The fourth-order valence-electron chi connectivity index (χ4n) is 2.47. The van der Waals surface area contributed by atoms with E-state index in [-0.39, 0.29) is 11.8 Å². The molecule has 0 radical (unpaired) electrons. The van der Waals surface area contributed by atoms with Crippen LogP contribution >= 0.6 is 0 Å². The molecule has 5 heteroatoms. The van der Waals surface area contributed by atoms with E-state index in [1.807, 2.05) is 42.5 Å². The molecule has 0 aliphatic heterocycles. The van der Waals surface area contributed by atoms with Crippen molar-refractivity contribution >= 4 is 11.8 Å². The summed E-state index contributed by atoms with van der Waals surface area (Å²) in [7, 11) is 0. The van der Waals surface area contributed by atoms with E-state index >= 15 is 0 Å². The maximum atomic E-state index is 12.3. The first-order chi connectivity index (χ1) is 12.7. The Balaban J connectivity index is 1.60. The van der Waals surface area contributed by atoms with E-state index in [1.54, 1.807) is 36.7 Å². The van der Waals surface area contributed by atoms with E-state index < -0.39 is 0 Å². The van der Waals surface area contributed by atoms with Gasteiger partial charge >= 0.3 is 0 Å². The van der Waals surface area contributed by atoms with Crippen molar-refractivity contribution in [2.24, 2.45) is 0 Å². The molecule has 2 aromatic carbocycles. The Hall–Kier alpha value is -3.47. The number of carbonyl (C=O) groups excluding carboxylic acids is 2. The number of amides is 2. The third-order valence-electron chi connectivity index (χ3n) is 3.86. The van der Waals surface area contributed by atoms with Crippen LogP contribution in [0.4, 0.5) is 0 Å². The second kappa shape index (κ2) is 8.58. The zero-order valence-corrected chi connectivity index (χ0v) is 14.2. The molecule has 0 fully saturated rings. The number of aromatic nitrogens is 1. The van der Waals surface area contributed by atoms with Crippen LogP contribution in [-0.4, -0.2) is 16.8 Å². The Morgan fingerprint density at radius 2 is 1.35 bits per heavy atom. The fourth-order valence-corrected chi connectivity index (χ4v) is 2.47. The highest BCUT2D eigenvalue weighted by molar-refractivity contribution is 5.99. The van der Waals surface area contributed by atoms with Gasteiger partial charge in [-0.3, -0.25) is 14.6 Å². The SMILES string of the molecule is O=C(NCc1ccccc1)c1cccc(C(=O)NCc2cccnc2)c1. The molecule has 1 aromatic heterocycles. The van der Waals surface area contributed by atoms with Crippen molar-refractivity contribution in [3.8, 4) is 0 Å². The predicted molar refractivity (Wildman–Crippen MR) is 99.5 cm³/mol. The largest absolute Gasteiger partial charge is 0.348 e. The van der Waals surface area contributed by atoms with Crippen molar-refractivity contribution in [1.29, 1.82) is 0 Å². The number of pyridine rings is 1. The first-order valence-electron chi connectivity index (χ1n) is 8.31. The molecule has 0 bridgehead atoms. The monoisotopic (exact) mass is 345 g/mol. The summed E-state index contributed by atoms with van der Waals surface area (Å²) in [5.41, 5.74) is 2.83. The smallest absolute Gasteiger partial charge is 0.251 e. The summed E-state index contributed by atoms with van der Waals surface area (Å²) in [4.78, 5) is 28.6. The lowest BCUT2D eigenvalue weighted by atomic mass is 10.1. The lowest BCUT2D eigenvalue weighted by Crippen LogP contribution is -2.25. The maximum absolute atomic E-state index is 12.3. The minimum Gasteiger partial charge on any atom is -0.348 e. The highest BCUT2D eigenvalue weighted by Gasteiger charge is 2.10. The zero-order chi connectivity index (χ0) is 18.2. The molecule has 26 heavy (non-hydrogen) atoms. The van der Waals surface area contributed by atoms with Crippen LogP contribution in [0.5, 0.6) is 0 Å². The molecule has 0 unspecified atom stereocenters. The van der Waals surface area contributed by atoms with E-state index in [4.69, 9.17) is 0 Å². The number of carbonyl (C=O) groups is 2. The number of nitrogens with one attached hydrogen (secondary N) is 2. The Morgan fingerprint density at radius 3 is 1.96 bits per heavy atom. The van der Waals surface area contributed by atoms with Gasteiger partial charge in [-0.2, -0.15) is 0 Å². The van der Waals surface area contributed by atoms with Crippen LogP contribution in [0.15, 0.2) is 79.1 Å². The van der Waals surface area contributed by atoms with Crippen LogP contribution in [0.25, 0.3) is 0 Å². The molecule has 0 saturated heterocycles. The Labute approximate surface area is 152 Å². The van der Waals surface area contributed by atoms with Crippen LogP contribution in [-0.2, 0) is 13.1 Å². The Morgan fingerprint density at radius 1 is 0.731 bits per heavy atom. The first-order valence-corrected chi connectivity index (χ1v) is 8.31. The number of hydrogen-bond acceptors (Lipinski definition) is 3. The standard InChI is InChI=1S/C21H19N3O2/c25-20(23-14-16-6-2-1-3-7-16)18-9-4-10-19(12-18)21(26)24-15-17-8-5-11-22-13-17/h1-13H,14-15H2,(H,23,25)(H,24,26). The van der Waals surface area contributed by atoms with Crippen molar-refractivity contribution in [3.63, 3.8) is 0 Å². The van der Waals surface area contributed by atoms with E-state index in [2.05, 4.69) is 15.6 Å². The van der Waals surface area contributed by atoms with Crippen molar-refractivity contribution in [2.45, 2.75) is 13.1 Å². The third kappa shape index (κ3) is 4.77. The van der Waals surface area contributed by atoms with E-state index in [0.717, 1.165) is 11.1 Å². The van der Waals surface area contributed by atoms with Crippen LogP contribution < -0.4 is 10.6 Å². The van der Waals surface area contributed by atoms with Crippen molar-refractivity contribution < 1.29 is 9.59 Å². The molecule has 0 aliphatic carbocycles. The lowest BCUT2D eigenvalue weighted by molar-refractivity contribution is 0.0950. The van der Waals surface area contributed by atoms with Gasteiger partial charge in [-0.05, 0) is 35.4 Å². The van der Waals surface area contributed by atoms with Crippen molar-refractivity contribution in [2.75, 3.05) is 0 Å². The molecule has 0 atom stereocenters. The van der Waals surface area contributed by atoms with Gasteiger partial charge < -0.3 is 10.6 Å². The van der Waals surface area contributed by atoms with Crippen LogP contribution in [0.1, 0.15) is 31.8 Å². The molecule has 3 aromatic rings. The van der Waals surface area contributed by atoms with Gasteiger partial charge in [-0.1, -0.05) is 42.5 Å². The van der Waals surface area contributed by atoms with Crippen LogP contribution in [0, 0.1) is 0 Å². The number of rotatable bonds is 6. The van der Waals surface area contributed by atoms with Gasteiger partial charge in [0.2, 0.25) is 0 Å². The second-order valence-electron chi connectivity index (χ2n) is 5.79. The average molecular weight is 345 g/mol. The van der Waals surface area contributed by atoms with Crippen molar-refractivity contribution in [1.82, 2.24) is 15.6 Å². The van der Waals surface area contributed by atoms with E-state index in [0.29, 0.717) is 24.2 Å². The third-order valence-corrected chi connectivity index (χ3v) is 3.86. The molecule has 130 valence electrons. The van der Waals surface area contributed by atoms with Crippen LogP contribution in [0.3, 0.4) is 0 Å². The summed E-state index contributed by atoms with van der Waals surface area (Å²) >= 11 is 0. The summed E-state index contributed by atoms with van der Waals surface area (Å²) in [5, 5.41) is 5.69. The summed E-state index contributed by atoms with van der Waals surface area (Å²) < 4.78 is 0. The molecule has 2 N–H and O–H groups in total. The molecular formula is C21H19N3O2. The zero-order valence-electron chi connectivity index (χ0n) is 14.2. The van der Waals surface area contributed by atoms with Crippen LogP contribution in [0.2, 0.25) is 0 Å². The Bertz CT molecular complexity index is 809. The fraction of sp³-hybridized carbons (Fsp3) is 0.0952. The van der Waals surface area contributed by atoms with E-state index in [1.165, 1.54) is 0 Å². The highest BCUT2D eigenvalue weighted by Crippen LogP contribution is 2.07. The molecule has 0 aliphatic rings. The lowest BCUT2D eigenvalue weighted by Gasteiger charge is -2.08. The van der Waals surface area contributed by atoms with Gasteiger partial charge in [0.25, 0.3) is 11.8 Å². The molecule has 0 saturated carbocycles. The molecule has 2 amide bonds. The summed E-state index contributed by atoms with van der Waals surface area (Å²) in [6.45, 7) is 0.828. The quantitative estimate of drug-likeness (QED) is 0.721. The summed E-state index contributed by atoms with van der Waals surface area (Å²) in [5.74, 6) is -0.442. The molecule has 5 nitrogen and oxygen atoms in total. The topological polar surface area (TPSA) is 71.1 Å². The van der Waals surface area contributed by atoms with Crippen molar-refractivity contribution in [3.05, 3.63) is 101 Å². The number of nitrogens with zero attached hydrogens (tertiary/aromatic N) is 1. The molecule has 3 rings (SSSR count). The van der Waals surface area contributed by atoms with Gasteiger partial charge in [0.1, 0.15) is 0 Å². The maximum Gasteiger partial charge on any atom is 0.251 e. The minimum absolute atomic E-state index is 0.212. The number of hydrogen-bond donors (Lipinski definition) is 2. The minimum atomic E-state index is -0.230.